The van der Waals surface area contributed by atoms with Gasteiger partial charge in [0, 0.05) is 18.8 Å². The van der Waals surface area contributed by atoms with Crippen molar-refractivity contribution in [1.29, 1.82) is 0 Å². The van der Waals surface area contributed by atoms with Gasteiger partial charge in [-0.15, -0.1) is 0 Å². The van der Waals surface area contributed by atoms with E-state index in [4.69, 9.17) is 10.5 Å². The summed E-state index contributed by atoms with van der Waals surface area (Å²) in [7, 11) is 0. The molecule has 1 fully saturated rings. The average Bonchev–Trinajstić information content (AvgIpc) is 2.31. The highest BCUT2D eigenvalue weighted by atomic mass is 16.5. The van der Waals surface area contributed by atoms with Crippen molar-refractivity contribution >= 4 is 0 Å². The standard InChI is InChI=1S/C14H21NO/c1-11-3-5-12(6-4-11)14(2,15)13-7-9-16-10-8-13/h3-6,13H,7-10,15H2,1-2H3. The van der Waals surface area contributed by atoms with Gasteiger partial charge in [0.2, 0.25) is 0 Å². The maximum absolute atomic E-state index is 6.51. The molecule has 0 radical (unpaired) electrons. The van der Waals surface area contributed by atoms with Gasteiger partial charge >= 0.3 is 0 Å². The second kappa shape index (κ2) is 4.56. The molecule has 0 saturated carbocycles. The fraction of sp³-hybridized carbons (Fsp3) is 0.571. The van der Waals surface area contributed by atoms with Crippen molar-refractivity contribution in [3.63, 3.8) is 0 Å². The van der Waals surface area contributed by atoms with E-state index in [0.717, 1.165) is 26.1 Å². The summed E-state index contributed by atoms with van der Waals surface area (Å²) < 4.78 is 5.39. The van der Waals surface area contributed by atoms with Crippen molar-refractivity contribution in [2.45, 2.75) is 32.2 Å². The maximum Gasteiger partial charge on any atom is 0.0469 e. The van der Waals surface area contributed by atoms with Gasteiger partial charge in [-0.1, -0.05) is 29.8 Å². The molecule has 0 bridgehead atoms. The first kappa shape index (κ1) is 11.6. The number of aryl methyl sites for hydroxylation is 1. The van der Waals surface area contributed by atoms with Gasteiger partial charge in [0.25, 0.3) is 0 Å². The largest absolute Gasteiger partial charge is 0.381 e. The van der Waals surface area contributed by atoms with E-state index in [0.29, 0.717) is 5.92 Å². The average molecular weight is 219 g/mol. The molecule has 1 aromatic rings. The molecular weight excluding hydrogens is 198 g/mol. The van der Waals surface area contributed by atoms with Gasteiger partial charge in [-0.05, 0) is 38.2 Å². The van der Waals surface area contributed by atoms with Crippen LogP contribution in [-0.4, -0.2) is 13.2 Å². The van der Waals surface area contributed by atoms with Crippen LogP contribution in [0.2, 0.25) is 0 Å². The summed E-state index contributed by atoms with van der Waals surface area (Å²) in [4.78, 5) is 0. The van der Waals surface area contributed by atoms with Crippen LogP contribution in [-0.2, 0) is 10.3 Å². The van der Waals surface area contributed by atoms with Gasteiger partial charge in [0.1, 0.15) is 0 Å². The second-order valence-corrected chi connectivity index (χ2v) is 5.04. The highest BCUT2D eigenvalue weighted by Gasteiger charge is 2.32. The molecule has 0 amide bonds. The Balaban J connectivity index is 2.19. The predicted molar refractivity (Wildman–Crippen MR) is 66.3 cm³/mol. The molecule has 1 heterocycles. The minimum Gasteiger partial charge on any atom is -0.381 e. The monoisotopic (exact) mass is 219 g/mol. The Bertz CT molecular complexity index is 336. The lowest BCUT2D eigenvalue weighted by atomic mass is 9.76. The van der Waals surface area contributed by atoms with Crippen LogP contribution in [0.25, 0.3) is 0 Å². The number of ether oxygens (including phenoxy) is 1. The van der Waals surface area contributed by atoms with Crippen molar-refractivity contribution < 1.29 is 4.74 Å². The lowest BCUT2D eigenvalue weighted by Crippen LogP contribution is -2.43. The van der Waals surface area contributed by atoms with E-state index in [9.17, 15) is 0 Å². The molecule has 2 nitrogen and oxygen atoms in total. The number of benzene rings is 1. The lowest BCUT2D eigenvalue weighted by molar-refractivity contribution is 0.0412. The van der Waals surface area contributed by atoms with Gasteiger partial charge in [0.05, 0.1) is 0 Å². The number of nitrogens with two attached hydrogens (primary N) is 1. The Morgan fingerprint density at radius 2 is 1.75 bits per heavy atom. The van der Waals surface area contributed by atoms with Gasteiger partial charge in [-0.3, -0.25) is 0 Å². The summed E-state index contributed by atoms with van der Waals surface area (Å²) in [6, 6.07) is 8.59. The quantitative estimate of drug-likeness (QED) is 0.829. The SMILES string of the molecule is Cc1ccc(C(C)(N)C2CCOCC2)cc1. The topological polar surface area (TPSA) is 35.2 Å². The second-order valence-electron chi connectivity index (χ2n) is 5.04. The van der Waals surface area contributed by atoms with Crippen molar-refractivity contribution in [2.24, 2.45) is 11.7 Å². The van der Waals surface area contributed by atoms with Crippen molar-refractivity contribution in [1.82, 2.24) is 0 Å². The molecule has 1 aromatic carbocycles. The lowest BCUT2D eigenvalue weighted by Gasteiger charge is -2.37. The molecule has 1 unspecified atom stereocenters. The van der Waals surface area contributed by atoms with Crippen LogP contribution in [0.3, 0.4) is 0 Å². The number of hydrogen-bond donors (Lipinski definition) is 1. The van der Waals surface area contributed by atoms with E-state index in [1.807, 2.05) is 0 Å². The van der Waals surface area contributed by atoms with Crippen LogP contribution in [0, 0.1) is 12.8 Å². The molecule has 1 atom stereocenters. The molecule has 0 aliphatic carbocycles. The van der Waals surface area contributed by atoms with Crippen molar-refractivity contribution in [3.05, 3.63) is 35.4 Å². The highest BCUT2D eigenvalue weighted by Crippen LogP contribution is 2.33. The third kappa shape index (κ3) is 2.28. The fourth-order valence-electron chi connectivity index (χ4n) is 2.45. The highest BCUT2D eigenvalue weighted by molar-refractivity contribution is 5.28. The molecular formula is C14H21NO. The first-order valence-corrected chi connectivity index (χ1v) is 6.04. The normalized spacial score (nSPS) is 21.7. The molecule has 0 spiro atoms. The maximum atomic E-state index is 6.51. The zero-order chi connectivity index (χ0) is 11.6. The zero-order valence-electron chi connectivity index (χ0n) is 10.2. The predicted octanol–water partition coefficient (Wildman–Crippen LogP) is 2.60. The molecule has 16 heavy (non-hydrogen) atoms. The minimum atomic E-state index is -0.225. The summed E-state index contributed by atoms with van der Waals surface area (Å²) in [6.45, 7) is 5.95. The van der Waals surface area contributed by atoms with Crippen molar-refractivity contribution in [2.75, 3.05) is 13.2 Å². The summed E-state index contributed by atoms with van der Waals surface area (Å²) in [5.41, 5.74) is 8.81. The first-order valence-electron chi connectivity index (χ1n) is 6.04. The number of hydrogen-bond acceptors (Lipinski definition) is 2. The third-order valence-electron chi connectivity index (χ3n) is 3.74. The van der Waals surface area contributed by atoms with E-state index in [1.54, 1.807) is 0 Å². The number of rotatable bonds is 2. The van der Waals surface area contributed by atoms with Gasteiger partial charge in [-0.25, -0.2) is 0 Å². The van der Waals surface area contributed by atoms with Gasteiger partial charge in [-0.2, -0.15) is 0 Å². The first-order chi connectivity index (χ1) is 7.60. The zero-order valence-corrected chi connectivity index (χ0v) is 10.2. The minimum absolute atomic E-state index is 0.225. The molecule has 2 heteroatoms. The molecule has 2 rings (SSSR count). The van der Waals surface area contributed by atoms with E-state index in [-0.39, 0.29) is 5.54 Å². The Hall–Kier alpha value is -0.860. The molecule has 1 aliphatic heterocycles. The van der Waals surface area contributed by atoms with Crippen LogP contribution >= 0.6 is 0 Å². The van der Waals surface area contributed by atoms with E-state index >= 15 is 0 Å². The molecule has 2 N–H and O–H groups in total. The summed E-state index contributed by atoms with van der Waals surface area (Å²) in [5.74, 6) is 0.531. The van der Waals surface area contributed by atoms with Crippen LogP contribution in [0.5, 0.6) is 0 Å². The smallest absolute Gasteiger partial charge is 0.0469 e. The fourth-order valence-corrected chi connectivity index (χ4v) is 2.45. The molecule has 1 saturated heterocycles. The summed E-state index contributed by atoms with van der Waals surface area (Å²) >= 11 is 0. The van der Waals surface area contributed by atoms with Gasteiger partial charge in [0.15, 0.2) is 0 Å². The Kier molecular flexibility index (Phi) is 3.31. The van der Waals surface area contributed by atoms with Crippen LogP contribution in [0.15, 0.2) is 24.3 Å². The van der Waals surface area contributed by atoms with Gasteiger partial charge < -0.3 is 10.5 Å². The Morgan fingerprint density at radius 1 is 1.19 bits per heavy atom. The molecule has 88 valence electrons. The summed E-state index contributed by atoms with van der Waals surface area (Å²) in [6.07, 6.45) is 2.14. The molecule has 0 aromatic heterocycles. The Morgan fingerprint density at radius 3 is 2.31 bits per heavy atom. The third-order valence-corrected chi connectivity index (χ3v) is 3.74. The van der Waals surface area contributed by atoms with E-state index in [2.05, 4.69) is 38.1 Å². The van der Waals surface area contributed by atoms with Crippen LogP contribution in [0.1, 0.15) is 30.9 Å². The Labute approximate surface area is 97.8 Å². The molecule has 1 aliphatic rings. The summed E-state index contributed by atoms with van der Waals surface area (Å²) in [5, 5.41) is 0. The van der Waals surface area contributed by atoms with E-state index < -0.39 is 0 Å². The van der Waals surface area contributed by atoms with E-state index in [1.165, 1.54) is 11.1 Å². The van der Waals surface area contributed by atoms with Crippen LogP contribution < -0.4 is 5.73 Å². The van der Waals surface area contributed by atoms with Crippen LogP contribution in [0.4, 0.5) is 0 Å². The van der Waals surface area contributed by atoms with Crippen molar-refractivity contribution in [3.8, 4) is 0 Å².